The van der Waals surface area contributed by atoms with Gasteiger partial charge in [-0.1, -0.05) is 6.92 Å². The van der Waals surface area contributed by atoms with Crippen molar-refractivity contribution in [3.63, 3.8) is 0 Å². The lowest BCUT2D eigenvalue weighted by molar-refractivity contribution is 0.237. The SMILES string of the molecule is CCN(C(C)(C)CN)S(=O)(=O)NC(C)(C)C. The minimum atomic E-state index is -3.50. The van der Waals surface area contributed by atoms with Crippen molar-refractivity contribution < 1.29 is 8.42 Å². The van der Waals surface area contributed by atoms with Crippen LogP contribution in [0, 0.1) is 0 Å². The second-order valence-electron chi connectivity index (χ2n) is 5.54. The van der Waals surface area contributed by atoms with Crippen LogP contribution in [-0.4, -0.2) is 36.9 Å². The van der Waals surface area contributed by atoms with E-state index in [0.29, 0.717) is 6.54 Å². The molecule has 0 amide bonds. The van der Waals surface area contributed by atoms with Crippen molar-refractivity contribution in [2.75, 3.05) is 13.1 Å². The van der Waals surface area contributed by atoms with Crippen molar-refractivity contribution in [1.82, 2.24) is 9.03 Å². The number of rotatable bonds is 5. The lowest BCUT2D eigenvalue weighted by Gasteiger charge is -2.37. The van der Waals surface area contributed by atoms with Gasteiger partial charge in [-0.25, -0.2) is 0 Å². The molecule has 5 nitrogen and oxygen atoms in total. The predicted molar refractivity (Wildman–Crippen MR) is 67.3 cm³/mol. The van der Waals surface area contributed by atoms with Gasteiger partial charge in [-0.05, 0) is 34.6 Å². The van der Waals surface area contributed by atoms with Gasteiger partial charge in [-0.15, -0.1) is 0 Å². The van der Waals surface area contributed by atoms with Gasteiger partial charge in [0.05, 0.1) is 0 Å². The Hall–Kier alpha value is -0.170. The van der Waals surface area contributed by atoms with Crippen LogP contribution in [-0.2, 0) is 10.2 Å². The van der Waals surface area contributed by atoms with E-state index in [-0.39, 0.29) is 6.54 Å². The fourth-order valence-electron chi connectivity index (χ4n) is 1.47. The van der Waals surface area contributed by atoms with Crippen LogP contribution in [0.1, 0.15) is 41.5 Å². The van der Waals surface area contributed by atoms with E-state index < -0.39 is 21.3 Å². The lowest BCUT2D eigenvalue weighted by Crippen LogP contribution is -2.58. The molecule has 3 N–H and O–H groups in total. The van der Waals surface area contributed by atoms with Crippen LogP contribution < -0.4 is 10.5 Å². The molecule has 0 saturated heterocycles. The molecule has 0 aliphatic carbocycles. The summed E-state index contributed by atoms with van der Waals surface area (Å²) in [6, 6.07) is 0. The summed E-state index contributed by atoms with van der Waals surface area (Å²) in [7, 11) is -3.50. The summed E-state index contributed by atoms with van der Waals surface area (Å²) in [5, 5.41) is 0. The van der Waals surface area contributed by atoms with Crippen molar-refractivity contribution in [3.05, 3.63) is 0 Å². The molecule has 6 heteroatoms. The minimum absolute atomic E-state index is 0.284. The molecule has 0 spiro atoms. The fourth-order valence-corrected chi connectivity index (χ4v) is 3.42. The van der Waals surface area contributed by atoms with Crippen molar-refractivity contribution in [1.29, 1.82) is 0 Å². The summed E-state index contributed by atoms with van der Waals surface area (Å²) in [4.78, 5) is 0. The van der Waals surface area contributed by atoms with E-state index in [0.717, 1.165) is 0 Å². The summed E-state index contributed by atoms with van der Waals surface area (Å²) >= 11 is 0. The van der Waals surface area contributed by atoms with Gasteiger partial charge in [-0.2, -0.15) is 17.4 Å². The van der Waals surface area contributed by atoms with Crippen LogP contribution in [0.4, 0.5) is 0 Å². The zero-order valence-electron chi connectivity index (χ0n) is 11.2. The number of nitrogens with zero attached hydrogens (tertiary/aromatic N) is 1. The molecular formula is C10H25N3O2S. The van der Waals surface area contributed by atoms with Crippen molar-refractivity contribution in [2.24, 2.45) is 5.73 Å². The van der Waals surface area contributed by atoms with Crippen LogP contribution in [0.2, 0.25) is 0 Å². The molecule has 0 aromatic rings. The van der Waals surface area contributed by atoms with Crippen LogP contribution in [0.25, 0.3) is 0 Å². The Kier molecular flexibility index (Phi) is 4.94. The summed E-state index contributed by atoms with van der Waals surface area (Å²) < 4.78 is 28.3. The van der Waals surface area contributed by atoms with Gasteiger partial charge in [-0.3, -0.25) is 0 Å². The van der Waals surface area contributed by atoms with E-state index in [1.54, 1.807) is 6.92 Å². The van der Waals surface area contributed by atoms with E-state index >= 15 is 0 Å². The Balaban J connectivity index is 5.12. The first-order valence-electron chi connectivity index (χ1n) is 5.48. The topological polar surface area (TPSA) is 75.4 Å². The monoisotopic (exact) mass is 251 g/mol. The zero-order valence-corrected chi connectivity index (χ0v) is 12.0. The van der Waals surface area contributed by atoms with Gasteiger partial charge in [0, 0.05) is 24.2 Å². The maximum atomic E-state index is 12.1. The van der Waals surface area contributed by atoms with Crippen LogP contribution in [0.15, 0.2) is 0 Å². The molecule has 0 aromatic heterocycles. The highest BCUT2D eigenvalue weighted by Crippen LogP contribution is 2.18. The molecule has 16 heavy (non-hydrogen) atoms. The number of nitrogens with one attached hydrogen (secondary N) is 1. The molecular weight excluding hydrogens is 226 g/mol. The zero-order chi connectivity index (χ0) is 13.2. The number of hydrogen-bond acceptors (Lipinski definition) is 3. The first kappa shape index (κ1) is 15.8. The molecule has 0 aromatic carbocycles. The van der Waals surface area contributed by atoms with Gasteiger partial charge in [0.2, 0.25) is 0 Å². The van der Waals surface area contributed by atoms with Crippen molar-refractivity contribution >= 4 is 10.2 Å². The van der Waals surface area contributed by atoms with Gasteiger partial charge < -0.3 is 5.73 Å². The third kappa shape index (κ3) is 4.37. The van der Waals surface area contributed by atoms with E-state index in [4.69, 9.17) is 5.73 Å². The fraction of sp³-hybridized carbons (Fsp3) is 1.00. The third-order valence-corrected chi connectivity index (χ3v) is 4.39. The van der Waals surface area contributed by atoms with E-state index in [2.05, 4.69) is 4.72 Å². The second kappa shape index (κ2) is 5.00. The molecule has 0 aliphatic rings. The molecule has 0 fully saturated rings. The molecule has 0 bridgehead atoms. The molecule has 0 aliphatic heterocycles. The molecule has 98 valence electrons. The Morgan fingerprint density at radius 2 is 1.62 bits per heavy atom. The lowest BCUT2D eigenvalue weighted by atomic mass is 10.1. The first-order chi connectivity index (χ1) is 6.96. The average molecular weight is 251 g/mol. The second-order valence-corrected chi connectivity index (χ2v) is 7.13. The van der Waals surface area contributed by atoms with Crippen molar-refractivity contribution in [2.45, 2.75) is 52.6 Å². The van der Waals surface area contributed by atoms with Gasteiger partial charge >= 0.3 is 0 Å². The minimum Gasteiger partial charge on any atom is -0.329 e. The van der Waals surface area contributed by atoms with Crippen LogP contribution >= 0.6 is 0 Å². The number of nitrogens with two attached hydrogens (primary N) is 1. The highest BCUT2D eigenvalue weighted by Gasteiger charge is 2.35. The normalized spacial score (nSPS) is 14.5. The summed E-state index contributed by atoms with van der Waals surface area (Å²) in [6.07, 6.45) is 0. The molecule has 0 heterocycles. The molecule has 0 atom stereocenters. The predicted octanol–water partition coefficient (Wildman–Crippen LogP) is 0.679. The molecule has 0 radical (unpaired) electrons. The Morgan fingerprint density at radius 3 is 1.88 bits per heavy atom. The van der Waals surface area contributed by atoms with E-state index in [1.807, 2.05) is 34.6 Å². The summed E-state index contributed by atoms with van der Waals surface area (Å²) in [5.74, 6) is 0. The summed E-state index contributed by atoms with van der Waals surface area (Å²) in [5.41, 5.74) is 4.54. The Labute approximate surface area is 99.6 Å². The van der Waals surface area contributed by atoms with E-state index in [9.17, 15) is 8.42 Å². The smallest absolute Gasteiger partial charge is 0.280 e. The van der Waals surface area contributed by atoms with Gasteiger partial charge in [0.25, 0.3) is 10.2 Å². The van der Waals surface area contributed by atoms with Crippen LogP contribution in [0.3, 0.4) is 0 Å². The highest BCUT2D eigenvalue weighted by molar-refractivity contribution is 7.87. The molecule has 0 unspecified atom stereocenters. The molecule has 0 rings (SSSR count). The maximum absolute atomic E-state index is 12.1. The number of hydrogen-bond donors (Lipinski definition) is 2. The Morgan fingerprint density at radius 1 is 1.19 bits per heavy atom. The van der Waals surface area contributed by atoms with E-state index in [1.165, 1.54) is 4.31 Å². The third-order valence-electron chi connectivity index (χ3n) is 2.19. The molecule has 0 saturated carbocycles. The standard InChI is InChI=1S/C10H25N3O2S/c1-7-13(10(5,6)8-11)16(14,15)12-9(2,3)4/h12H,7-8,11H2,1-6H3. The largest absolute Gasteiger partial charge is 0.329 e. The quantitative estimate of drug-likeness (QED) is 0.754. The first-order valence-corrected chi connectivity index (χ1v) is 6.92. The Bertz CT molecular complexity index is 317. The summed E-state index contributed by atoms with van der Waals surface area (Å²) in [6.45, 7) is 11.6. The average Bonchev–Trinajstić information content (AvgIpc) is 1.99. The number of likely N-dealkylation sites (N-methyl/N-ethyl adjacent to an activating group) is 1. The van der Waals surface area contributed by atoms with Gasteiger partial charge in [0.1, 0.15) is 0 Å². The van der Waals surface area contributed by atoms with Gasteiger partial charge in [0.15, 0.2) is 0 Å². The van der Waals surface area contributed by atoms with Crippen LogP contribution in [0.5, 0.6) is 0 Å². The highest BCUT2D eigenvalue weighted by atomic mass is 32.2. The van der Waals surface area contributed by atoms with Crippen molar-refractivity contribution in [3.8, 4) is 0 Å². The maximum Gasteiger partial charge on any atom is 0.280 e.